The van der Waals surface area contributed by atoms with Crippen molar-refractivity contribution >= 4 is 17.7 Å². The number of Topliss-reactive ketones (excluding diaryl/α,β-unsaturated/α-hetero) is 1. The third kappa shape index (κ3) is 5.54. The smallest absolute Gasteiger partial charge is 0.328 e. The molecule has 6 nitrogen and oxygen atoms in total. The van der Waals surface area contributed by atoms with Gasteiger partial charge in [-0.05, 0) is 55.4 Å². The minimum atomic E-state index is -1.21. The second kappa shape index (κ2) is 8.79. The van der Waals surface area contributed by atoms with Crippen molar-refractivity contribution in [1.29, 1.82) is 0 Å². The molecule has 1 amide bonds. The minimum absolute atomic E-state index is 0.187. The lowest BCUT2D eigenvalue weighted by molar-refractivity contribution is -0.140. The van der Waals surface area contributed by atoms with Crippen molar-refractivity contribution in [1.82, 2.24) is 5.32 Å². The van der Waals surface area contributed by atoms with Crippen molar-refractivity contribution in [3.05, 3.63) is 71.3 Å². The highest BCUT2D eigenvalue weighted by atomic mass is 16.4. The molecule has 0 spiro atoms. The number of carbonyl (C=O) groups excluding carboxylic acids is 2. The number of benzene rings is 2. The molecule has 4 N–H and O–H groups in total. The van der Waals surface area contributed by atoms with Crippen LogP contribution in [-0.4, -0.2) is 34.3 Å². The fourth-order valence-corrected chi connectivity index (χ4v) is 3.73. The highest BCUT2D eigenvalue weighted by Crippen LogP contribution is 2.49. The van der Waals surface area contributed by atoms with E-state index in [4.69, 9.17) is 5.73 Å². The Balaban J connectivity index is 1.52. The SMILES string of the molecule is CC(C)(N)C(NC(=O)c1ccc(CC(=O)CC2CC2c2ccccc2)cc1)C(=O)O. The highest BCUT2D eigenvalue weighted by Gasteiger charge is 2.39. The van der Waals surface area contributed by atoms with Crippen molar-refractivity contribution in [2.24, 2.45) is 11.7 Å². The van der Waals surface area contributed by atoms with E-state index in [2.05, 4.69) is 17.4 Å². The molecule has 3 atom stereocenters. The predicted octanol–water partition coefficient (Wildman–Crippen LogP) is 2.91. The van der Waals surface area contributed by atoms with Gasteiger partial charge in [-0.15, -0.1) is 0 Å². The molecule has 158 valence electrons. The fourth-order valence-electron chi connectivity index (χ4n) is 3.73. The van der Waals surface area contributed by atoms with Gasteiger partial charge in [0.2, 0.25) is 0 Å². The van der Waals surface area contributed by atoms with Crippen LogP contribution in [0, 0.1) is 5.92 Å². The molecule has 6 heteroatoms. The summed E-state index contributed by atoms with van der Waals surface area (Å²) >= 11 is 0. The molecule has 2 aromatic rings. The lowest BCUT2D eigenvalue weighted by Crippen LogP contribution is -2.58. The van der Waals surface area contributed by atoms with Crippen LogP contribution in [0.3, 0.4) is 0 Å². The first-order chi connectivity index (χ1) is 14.1. The van der Waals surface area contributed by atoms with Crippen LogP contribution in [0.4, 0.5) is 0 Å². The highest BCUT2D eigenvalue weighted by molar-refractivity contribution is 5.97. The molecule has 1 fully saturated rings. The molecule has 1 aliphatic rings. The summed E-state index contributed by atoms with van der Waals surface area (Å²) in [4.78, 5) is 36.2. The molecule has 3 unspecified atom stereocenters. The van der Waals surface area contributed by atoms with Crippen molar-refractivity contribution in [2.45, 2.75) is 50.6 Å². The van der Waals surface area contributed by atoms with Crippen molar-refractivity contribution in [3.63, 3.8) is 0 Å². The first kappa shape index (κ1) is 21.7. The average molecular weight is 408 g/mol. The summed E-state index contributed by atoms with van der Waals surface area (Å²) in [5.74, 6) is -0.617. The van der Waals surface area contributed by atoms with Gasteiger partial charge in [0.1, 0.15) is 11.8 Å². The predicted molar refractivity (Wildman–Crippen MR) is 114 cm³/mol. The normalized spacial score (nSPS) is 19.0. The van der Waals surface area contributed by atoms with Crippen LogP contribution in [0.1, 0.15) is 54.1 Å². The first-order valence-electron chi connectivity index (χ1n) is 10.1. The van der Waals surface area contributed by atoms with Crippen molar-refractivity contribution in [3.8, 4) is 0 Å². The Hall–Kier alpha value is -2.99. The summed E-state index contributed by atoms with van der Waals surface area (Å²) in [6, 6.07) is 15.7. The summed E-state index contributed by atoms with van der Waals surface area (Å²) in [6.07, 6.45) is 1.94. The van der Waals surface area contributed by atoms with Crippen molar-refractivity contribution < 1.29 is 19.5 Å². The van der Waals surface area contributed by atoms with E-state index in [-0.39, 0.29) is 5.78 Å². The molecular weight excluding hydrogens is 380 g/mol. The van der Waals surface area contributed by atoms with Gasteiger partial charge in [0.15, 0.2) is 0 Å². The molecule has 30 heavy (non-hydrogen) atoms. The summed E-state index contributed by atoms with van der Waals surface area (Å²) < 4.78 is 0. The van der Waals surface area contributed by atoms with Gasteiger partial charge < -0.3 is 16.2 Å². The van der Waals surface area contributed by atoms with E-state index in [1.165, 1.54) is 5.56 Å². The van der Waals surface area contributed by atoms with E-state index < -0.39 is 23.5 Å². The zero-order valence-electron chi connectivity index (χ0n) is 17.3. The molecule has 0 heterocycles. The Morgan fingerprint density at radius 1 is 1.10 bits per heavy atom. The van der Waals surface area contributed by atoms with Gasteiger partial charge >= 0.3 is 5.97 Å². The van der Waals surface area contributed by atoms with Gasteiger partial charge in [-0.3, -0.25) is 9.59 Å². The number of hydrogen-bond acceptors (Lipinski definition) is 4. The van der Waals surface area contributed by atoms with Crippen LogP contribution in [0.5, 0.6) is 0 Å². The van der Waals surface area contributed by atoms with Gasteiger partial charge in [0.05, 0.1) is 0 Å². The van der Waals surface area contributed by atoms with E-state index in [9.17, 15) is 19.5 Å². The largest absolute Gasteiger partial charge is 0.480 e. The maximum atomic E-state index is 12.4. The molecule has 3 rings (SSSR count). The molecule has 1 aliphatic carbocycles. The van der Waals surface area contributed by atoms with Gasteiger partial charge in [0.25, 0.3) is 5.91 Å². The van der Waals surface area contributed by atoms with Gasteiger partial charge in [-0.1, -0.05) is 42.5 Å². The topological polar surface area (TPSA) is 109 Å². The Bertz CT molecular complexity index is 916. The van der Waals surface area contributed by atoms with E-state index in [0.29, 0.717) is 30.2 Å². The summed E-state index contributed by atoms with van der Waals surface area (Å²) in [7, 11) is 0. The van der Waals surface area contributed by atoms with Crippen LogP contribution in [0.25, 0.3) is 0 Å². The molecular formula is C24H28N2O4. The zero-order valence-corrected chi connectivity index (χ0v) is 17.3. The minimum Gasteiger partial charge on any atom is -0.480 e. The third-order valence-electron chi connectivity index (χ3n) is 5.52. The number of carboxylic acid groups (broad SMARTS) is 1. The van der Waals surface area contributed by atoms with Crippen LogP contribution in [0.2, 0.25) is 0 Å². The lowest BCUT2D eigenvalue weighted by atomic mass is 9.95. The van der Waals surface area contributed by atoms with Crippen molar-refractivity contribution in [2.75, 3.05) is 0 Å². The quantitative estimate of drug-likeness (QED) is 0.591. The third-order valence-corrected chi connectivity index (χ3v) is 5.52. The molecule has 0 aliphatic heterocycles. The van der Waals surface area contributed by atoms with Gasteiger partial charge in [-0.2, -0.15) is 0 Å². The number of aliphatic carboxylic acids is 1. The first-order valence-corrected chi connectivity index (χ1v) is 10.1. The zero-order chi connectivity index (χ0) is 21.9. The molecule has 0 radical (unpaired) electrons. The number of carboxylic acids is 1. The van der Waals surface area contributed by atoms with E-state index >= 15 is 0 Å². The monoisotopic (exact) mass is 408 g/mol. The summed E-state index contributed by atoms with van der Waals surface area (Å²) in [6.45, 7) is 3.09. The van der Waals surface area contributed by atoms with Crippen LogP contribution in [-0.2, 0) is 16.0 Å². The maximum absolute atomic E-state index is 12.4. The van der Waals surface area contributed by atoms with Crippen LogP contribution in [0.15, 0.2) is 54.6 Å². The van der Waals surface area contributed by atoms with Crippen LogP contribution >= 0.6 is 0 Å². The Kier molecular flexibility index (Phi) is 6.37. The molecule has 0 aromatic heterocycles. The number of amides is 1. The second-order valence-electron chi connectivity index (χ2n) is 8.70. The standard InChI is InChI=1S/C24H28N2O4/c1-24(2,25)21(23(29)30)26-22(28)17-10-8-15(9-11-17)12-19(27)13-18-14-20(18)16-6-4-3-5-7-16/h3-11,18,20-21H,12-14,25H2,1-2H3,(H,26,28)(H,29,30). The second-order valence-corrected chi connectivity index (χ2v) is 8.70. The summed E-state index contributed by atoms with van der Waals surface area (Å²) in [5.41, 5.74) is 7.20. The number of nitrogens with one attached hydrogen (secondary N) is 1. The molecule has 0 saturated heterocycles. The number of nitrogens with two attached hydrogens (primary N) is 1. The average Bonchev–Trinajstić information content (AvgIpc) is 3.45. The Labute approximate surface area is 176 Å². The number of carbonyl (C=O) groups is 3. The molecule has 1 saturated carbocycles. The van der Waals surface area contributed by atoms with E-state index in [0.717, 1.165) is 12.0 Å². The van der Waals surface area contributed by atoms with Gasteiger partial charge in [0, 0.05) is 23.9 Å². The van der Waals surface area contributed by atoms with E-state index in [1.54, 1.807) is 38.1 Å². The van der Waals surface area contributed by atoms with Gasteiger partial charge in [-0.25, -0.2) is 4.79 Å². The fraction of sp³-hybridized carbons (Fsp3) is 0.375. The number of ketones is 1. The Morgan fingerprint density at radius 2 is 1.73 bits per heavy atom. The van der Waals surface area contributed by atoms with Crippen LogP contribution < -0.4 is 11.1 Å². The summed E-state index contributed by atoms with van der Waals surface area (Å²) in [5, 5.41) is 11.7. The lowest BCUT2D eigenvalue weighted by Gasteiger charge is -2.27. The van der Waals surface area contributed by atoms with E-state index in [1.807, 2.05) is 18.2 Å². The molecule has 2 aromatic carbocycles. The molecule has 0 bridgehead atoms. The maximum Gasteiger partial charge on any atom is 0.328 e. The number of hydrogen-bond donors (Lipinski definition) is 3. The Morgan fingerprint density at radius 3 is 2.30 bits per heavy atom. The number of rotatable bonds is 9.